The van der Waals surface area contributed by atoms with Crippen molar-refractivity contribution in [1.29, 1.82) is 0 Å². The van der Waals surface area contributed by atoms with Crippen molar-refractivity contribution in [3.8, 4) is 0 Å². The average Bonchev–Trinajstić information content (AvgIpc) is 3.17. The van der Waals surface area contributed by atoms with E-state index in [0.29, 0.717) is 36.6 Å². The van der Waals surface area contributed by atoms with Gasteiger partial charge in [0.15, 0.2) is 5.65 Å². The van der Waals surface area contributed by atoms with Gasteiger partial charge in [0, 0.05) is 31.9 Å². The number of likely N-dealkylation sites (tertiary alicyclic amines) is 1. The second kappa shape index (κ2) is 8.65. The molecule has 156 valence electrons. The van der Waals surface area contributed by atoms with Gasteiger partial charge in [-0.25, -0.2) is 9.50 Å². The van der Waals surface area contributed by atoms with Crippen LogP contribution in [0.5, 0.6) is 0 Å². The van der Waals surface area contributed by atoms with Crippen LogP contribution in [0.25, 0.3) is 5.65 Å². The molecule has 0 unspecified atom stereocenters. The highest BCUT2D eigenvalue weighted by Crippen LogP contribution is 2.23. The first-order valence-electron chi connectivity index (χ1n) is 10.4. The van der Waals surface area contributed by atoms with Gasteiger partial charge in [-0.1, -0.05) is 30.3 Å². The Morgan fingerprint density at radius 1 is 1.17 bits per heavy atom. The van der Waals surface area contributed by atoms with E-state index in [0.717, 1.165) is 24.0 Å². The van der Waals surface area contributed by atoms with Crippen LogP contribution in [0.2, 0.25) is 0 Å². The van der Waals surface area contributed by atoms with Gasteiger partial charge in [0.1, 0.15) is 5.56 Å². The first-order valence-corrected chi connectivity index (χ1v) is 10.4. The van der Waals surface area contributed by atoms with Crippen molar-refractivity contribution < 1.29 is 9.59 Å². The molecule has 1 aliphatic heterocycles. The molecule has 3 aromatic rings. The van der Waals surface area contributed by atoms with Crippen molar-refractivity contribution in [1.82, 2.24) is 24.8 Å². The zero-order chi connectivity index (χ0) is 21.1. The minimum absolute atomic E-state index is 0.00729. The minimum atomic E-state index is -0.0399. The number of hydrogen-bond acceptors (Lipinski definition) is 4. The van der Waals surface area contributed by atoms with Gasteiger partial charge < -0.3 is 10.2 Å². The van der Waals surface area contributed by atoms with E-state index in [1.54, 1.807) is 16.9 Å². The summed E-state index contributed by atoms with van der Waals surface area (Å²) in [6.07, 6.45) is 7.34. The Bertz CT molecular complexity index is 1040. The van der Waals surface area contributed by atoms with Crippen molar-refractivity contribution in [2.45, 2.75) is 39.2 Å². The van der Waals surface area contributed by atoms with Crippen LogP contribution in [0.15, 0.2) is 48.9 Å². The van der Waals surface area contributed by atoms with E-state index >= 15 is 0 Å². The zero-order valence-corrected chi connectivity index (χ0v) is 17.4. The maximum atomic E-state index is 12.9. The van der Waals surface area contributed by atoms with Crippen LogP contribution in [0.4, 0.5) is 0 Å². The number of benzene rings is 1. The summed E-state index contributed by atoms with van der Waals surface area (Å²) in [5.74, 6) is 0.321. The molecule has 1 N–H and O–H groups in total. The summed E-state index contributed by atoms with van der Waals surface area (Å²) in [6, 6.07) is 9.96. The Balaban J connectivity index is 1.30. The fourth-order valence-corrected chi connectivity index (χ4v) is 4.02. The third kappa shape index (κ3) is 4.35. The number of fused-ring (bicyclic) bond motifs is 1. The molecule has 7 nitrogen and oxygen atoms in total. The van der Waals surface area contributed by atoms with E-state index in [1.807, 2.05) is 55.3 Å². The van der Waals surface area contributed by atoms with Crippen molar-refractivity contribution in [2.75, 3.05) is 13.1 Å². The molecule has 30 heavy (non-hydrogen) atoms. The summed E-state index contributed by atoms with van der Waals surface area (Å²) in [5, 5.41) is 7.34. The number of carbonyl (C=O) groups excluding carboxylic acids is 2. The van der Waals surface area contributed by atoms with E-state index in [4.69, 9.17) is 0 Å². The van der Waals surface area contributed by atoms with E-state index < -0.39 is 0 Å². The topological polar surface area (TPSA) is 79.6 Å². The predicted molar refractivity (Wildman–Crippen MR) is 114 cm³/mol. The molecule has 0 radical (unpaired) electrons. The van der Waals surface area contributed by atoms with Gasteiger partial charge in [-0.3, -0.25) is 9.59 Å². The fourth-order valence-electron chi connectivity index (χ4n) is 4.02. The number of nitrogens with zero attached hydrogens (tertiary/aromatic N) is 4. The number of nitrogens with one attached hydrogen (secondary N) is 1. The average molecular weight is 406 g/mol. The van der Waals surface area contributed by atoms with Crippen molar-refractivity contribution in [3.05, 3.63) is 65.6 Å². The summed E-state index contributed by atoms with van der Waals surface area (Å²) in [6.45, 7) is 5.24. The Kier molecular flexibility index (Phi) is 5.79. The lowest BCUT2D eigenvalue weighted by Crippen LogP contribution is -2.39. The molecule has 2 aromatic heterocycles. The smallest absolute Gasteiger partial charge is 0.259 e. The maximum Gasteiger partial charge on any atom is 0.259 e. The molecule has 1 saturated heterocycles. The van der Waals surface area contributed by atoms with Crippen LogP contribution in [-0.2, 0) is 4.79 Å². The lowest BCUT2D eigenvalue weighted by atomic mass is 9.92. The standard InChI is InChI=1S/C23H27N5O2/c1-16-13-24-22-20(14-25-28(22)15-16)23(30)27-10-8-18(9-11-27)12-21(29)26-17(2)19-6-4-3-5-7-19/h3-7,13-15,17-18H,8-12H2,1-2H3,(H,26,29)/t17-/m1/s1. The lowest BCUT2D eigenvalue weighted by molar-refractivity contribution is -0.122. The number of aromatic nitrogens is 3. The monoisotopic (exact) mass is 405 g/mol. The maximum absolute atomic E-state index is 12.9. The SMILES string of the molecule is Cc1cnc2c(C(=O)N3CCC(CC(=O)N[C@H](C)c4ccccc4)CC3)cnn2c1. The third-order valence-electron chi connectivity index (χ3n) is 5.77. The van der Waals surface area contributed by atoms with Gasteiger partial charge in [-0.05, 0) is 43.7 Å². The van der Waals surface area contributed by atoms with E-state index in [-0.39, 0.29) is 17.9 Å². The van der Waals surface area contributed by atoms with Gasteiger partial charge in [0.05, 0.1) is 12.2 Å². The van der Waals surface area contributed by atoms with Crippen LogP contribution in [0, 0.1) is 12.8 Å². The Labute approximate surface area is 176 Å². The van der Waals surface area contributed by atoms with E-state index in [9.17, 15) is 9.59 Å². The normalized spacial score (nSPS) is 15.9. The Morgan fingerprint density at radius 3 is 2.63 bits per heavy atom. The largest absolute Gasteiger partial charge is 0.350 e. The van der Waals surface area contributed by atoms with Crippen molar-refractivity contribution >= 4 is 17.5 Å². The van der Waals surface area contributed by atoms with Crippen LogP contribution >= 0.6 is 0 Å². The van der Waals surface area contributed by atoms with Gasteiger partial charge in [-0.2, -0.15) is 5.10 Å². The molecule has 1 aliphatic rings. The predicted octanol–water partition coefficient (Wildman–Crippen LogP) is 3.16. The number of amides is 2. The summed E-state index contributed by atoms with van der Waals surface area (Å²) >= 11 is 0. The summed E-state index contributed by atoms with van der Waals surface area (Å²) in [4.78, 5) is 31.6. The number of hydrogen-bond donors (Lipinski definition) is 1. The zero-order valence-electron chi connectivity index (χ0n) is 17.4. The molecule has 4 rings (SSSR count). The molecule has 1 fully saturated rings. The first-order chi connectivity index (χ1) is 14.5. The molecular weight excluding hydrogens is 378 g/mol. The molecular formula is C23H27N5O2. The quantitative estimate of drug-likeness (QED) is 0.707. The van der Waals surface area contributed by atoms with E-state index in [2.05, 4.69) is 15.4 Å². The Morgan fingerprint density at radius 2 is 1.90 bits per heavy atom. The number of aryl methyl sites for hydroxylation is 1. The second-order valence-electron chi connectivity index (χ2n) is 8.10. The van der Waals surface area contributed by atoms with Gasteiger partial charge in [0.25, 0.3) is 5.91 Å². The number of piperidine rings is 1. The summed E-state index contributed by atoms with van der Waals surface area (Å²) < 4.78 is 1.65. The molecule has 1 aromatic carbocycles. The molecule has 0 bridgehead atoms. The molecule has 7 heteroatoms. The molecule has 3 heterocycles. The van der Waals surface area contributed by atoms with Crippen LogP contribution < -0.4 is 5.32 Å². The fraction of sp³-hybridized carbons (Fsp3) is 0.391. The molecule has 0 aliphatic carbocycles. The van der Waals surface area contributed by atoms with E-state index in [1.165, 1.54) is 0 Å². The minimum Gasteiger partial charge on any atom is -0.350 e. The van der Waals surface area contributed by atoms with Gasteiger partial charge in [-0.15, -0.1) is 0 Å². The third-order valence-corrected chi connectivity index (χ3v) is 5.77. The summed E-state index contributed by atoms with van der Waals surface area (Å²) in [5.41, 5.74) is 3.21. The molecule has 1 atom stereocenters. The highest BCUT2D eigenvalue weighted by molar-refractivity contribution is 5.99. The molecule has 0 spiro atoms. The lowest BCUT2D eigenvalue weighted by Gasteiger charge is -2.31. The van der Waals surface area contributed by atoms with Crippen molar-refractivity contribution in [3.63, 3.8) is 0 Å². The number of rotatable bonds is 5. The summed E-state index contributed by atoms with van der Waals surface area (Å²) in [7, 11) is 0. The number of carbonyl (C=O) groups is 2. The molecule has 0 saturated carbocycles. The van der Waals surface area contributed by atoms with Gasteiger partial charge in [0.2, 0.25) is 5.91 Å². The van der Waals surface area contributed by atoms with Crippen LogP contribution in [0.3, 0.4) is 0 Å². The highest BCUT2D eigenvalue weighted by Gasteiger charge is 2.27. The Hall–Kier alpha value is -3.22. The molecule has 2 amide bonds. The van der Waals surface area contributed by atoms with Gasteiger partial charge >= 0.3 is 0 Å². The second-order valence-corrected chi connectivity index (χ2v) is 8.10. The first kappa shape index (κ1) is 20.1. The highest BCUT2D eigenvalue weighted by atomic mass is 16.2. The van der Waals surface area contributed by atoms with Crippen LogP contribution in [-0.4, -0.2) is 44.4 Å². The van der Waals surface area contributed by atoms with Crippen molar-refractivity contribution in [2.24, 2.45) is 5.92 Å². The van der Waals surface area contributed by atoms with Crippen LogP contribution in [0.1, 0.15) is 53.7 Å².